The lowest BCUT2D eigenvalue weighted by molar-refractivity contribution is -0.150. The number of carbonyl (C=O) groups is 2. The highest BCUT2D eigenvalue weighted by Gasteiger charge is 2.20. The van der Waals surface area contributed by atoms with Gasteiger partial charge in [0.2, 0.25) is 0 Å². The first-order valence-corrected chi connectivity index (χ1v) is 6.48. The SMILES string of the molecule is CCOC(=O)[C@H](C)Oc1c(Br)cc(C=O)cc1OC. The van der Waals surface area contributed by atoms with Gasteiger partial charge in [0.1, 0.15) is 6.29 Å². The Morgan fingerprint density at radius 2 is 2.16 bits per heavy atom. The second kappa shape index (κ2) is 7.13. The molecule has 5 nitrogen and oxygen atoms in total. The minimum atomic E-state index is -0.771. The topological polar surface area (TPSA) is 61.8 Å². The van der Waals surface area contributed by atoms with Crippen LogP contribution in [-0.4, -0.2) is 32.1 Å². The number of hydrogen-bond acceptors (Lipinski definition) is 5. The van der Waals surface area contributed by atoms with Gasteiger partial charge >= 0.3 is 5.97 Å². The molecule has 1 aromatic carbocycles. The maximum Gasteiger partial charge on any atom is 0.347 e. The van der Waals surface area contributed by atoms with Gasteiger partial charge in [0, 0.05) is 5.56 Å². The second-order valence-corrected chi connectivity index (χ2v) is 4.52. The van der Waals surface area contributed by atoms with Gasteiger partial charge in [0.05, 0.1) is 18.2 Å². The summed E-state index contributed by atoms with van der Waals surface area (Å²) in [5.41, 5.74) is 0.444. The van der Waals surface area contributed by atoms with Crippen LogP contribution in [0.15, 0.2) is 16.6 Å². The van der Waals surface area contributed by atoms with Crippen molar-refractivity contribution in [2.75, 3.05) is 13.7 Å². The highest BCUT2D eigenvalue weighted by atomic mass is 79.9. The summed E-state index contributed by atoms with van der Waals surface area (Å²) in [6.45, 7) is 3.59. The fourth-order valence-electron chi connectivity index (χ4n) is 1.41. The van der Waals surface area contributed by atoms with Crippen LogP contribution in [0.3, 0.4) is 0 Å². The van der Waals surface area contributed by atoms with Crippen LogP contribution in [0.25, 0.3) is 0 Å². The van der Waals surface area contributed by atoms with E-state index in [1.807, 2.05) is 0 Å². The first-order valence-electron chi connectivity index (χ1n) is 5.69. The molecular weight excluding hydrogens is 316 g/mol. The number of methoxy groups -OCH3 is 1. The van der Waals surface area contributed by atoms with Gasteiger partial charge in [-0.15, -0.1) is 0 Å². The van der Waals surface area contributed by atoms with Crippen molar-refractivity contribution in [2.24, 2.45) is 0 Å². The Kier molecular flexibility index (Phi) is 5.82. The maximum absolute atomic E-state index is 11.5. The van der Waals surface area contributed by atoms with Crippen molar-refractivity contribution in [2.45, 2.75) is 20.0 Å². The molecule has 1 rings (SSSR count). The van der Waals surface area contributed by atoms with Crippen molar-refractivity contribution < 1.29 is 23.8 Å². The van der Waals surface area contributed by atoms with Crippen LogP contribution in [0.4, 0.5) is 0 Å². The van der Waals surface area contributed by atoms with E-state index in [2.05, 4.69) is 15.9 Å². The highest BCUT2D eigenvalue weighted by molar-refractivity contribution is 9.10. The zero-order valence-corrected chi connectivity index (χ0v) is 12.5. The van der Waals surface area contributed by atoms with Crippen LogP contribution < -0.4 is 9.47 Å². The monoisotopic (exact) mass is 330 g/mol. The van der Waals surface area contributed by atoms with E-state index in [0.717, 1.165) is 0 Å². The lowest BCUT2D eigenvalue weighted by Crippen LogP contribution is -2.26. The lowest BCUT2D eigenvalue weighted by Gasteiger charge is -2.17. The Balaban J connectivity index is 3.00. The summed E-state index contributed by atoms with van der Waals surface area (Å²) in [5.74, 6) is 0.261. The molecule has 0 radical (unpaired) electrons. The van der Waals surface area contributed by atoms with Gasteiger partial charge in [-0.3, -0.25) is 4.79 Å². The molecule has 0 unspecified atom stereocenters. The Hall–Kier alpha value is -1.56. The average Bonchev–Trinajstić information content (AvgIpc) is 2.40. The third-order valence-corrected chi connectivity index (χ3v) is 2.89. The predicted octanol–water partition coefficient (Wildman–Crippen LogP) is 2.60. The number of carbonyl (C=O) groups excluding carboxylic acids is 2. The normalized spacial score (nSPS) is 11.6. The van der Waals surface area contributed by atoms with Crippen molar-refractivity contribution in [1.29, 1.82) is 0 Å². The van der Waals surface area contributed by atoms with Gasteiger partial charge in [-0.1, -0.05) is 0 Å². The zero-order chi connectivity index (χ0) is 14.4. The van der Waals surface area contributed by atoms with Crippen molar-refractivity contribution in [3.63, 3.8) is 0 Å². The smallest absolute Gasteiger partial charge is 0.347 e. The summed E-state index contributed by atoms with van der Waals surface area (Å²) < 4.78 is 16.1. The van der Waals surface area contributed by atoms with Crippen molar-refractivity contribution >= 4 is 28.2 Å². The van der Waals surface area contributed by atoms with Gasteiger partial charge in [-0.25, -0.2) is 4.79 Å². The largest absolute Gasteiger partial charge is 0.493 e. The van der Waals surface area contributed by atoms with Crippen molar-refractivity contribution in [3.8, 4) is 11.5 Å². The van der Waals surface area contributed by atoms with Gasteiger partial charge in [-0.05, 0) is 41.9 Å². The Morgan fingerprint density at radius 1 is 1.47 bits per heavy atom. The van der Waals surface area contributed by atoms with Crippen molar-refractivity contribution in [1.82, 2.24) is 0 Å². The summed E-state index contributed by atoms with van der Waals surface area (Å²) >= 11 is 3.28. The molecule has 104 valence electrons. The number of ether oxygens (including phenoxy) is 3. The van der Waals surface area contributed by atoms with Crippen LogP contribution in [-0.2, 0) is 9.53 Å². The molecular formula is C13H15BrO5. The number of benzene rings is 1. The lowest BCUT2D eigenvalue weighted by atomic mass is 10.2. The van der Waals surface area contributed by atoms with E-state index in [1.165, 1.54) is 13.2 Å². The Labute approximate surface area is 120 Å². The number of halogens is 1. The molecule has 0 aliphatic carbocycles. The summed E-state index contributed by atoms with van der Waals surface area (Å²) in [6.07, 6.45) is -0.0708. The fraction of sp³-hybridized carbons (Fsp3) is 0.385. The van der Waals surface area contributed by atoms with Gasteiger partial charge in [0.25, 0.3) is 0 Å². The van der Waals surface area contributed by atoms with Crippen LogP contribution in [0.5, 0.6) is 11.5 Å². The quantitative estimate of drug-likeness (QED) is 0.592. The minimum Gasteiger partial charge on any atom is -0.493 e. The highest BCUT2D eigenvalue weighted by Crippen LogP contribution is 2.37. The fourth-order valence-corrected chi connectivity index (χ4v) is 1.96. The molecule has 0 aromatic heterocycles. The van der Waals surface area contributed by atoms with Gasteiger partial charge in [0.15, 0.2) is 17.6 Å². The summed E-state index contributed by atoms with van der Waals surface area (Å²) in [6, 6.07) is 3.12. The van der Waals surface area contributed by atoms with Crippen LogP contribution in [0.2, 0.25) is 0 Å². The molecule has 0 saturated carbocycles. The third kappa shape index (κ3) is 3.96. The van der Waals surface area contributed by atoms with E-state index < -0.39 is 12.1 Å². The number of rotatable bonds is 6. The summed E-state index contributed by atoms with van der Waals surface area (Å²) in [5, 5.41) is 0. The Morgan fingerprint density at radius 3 is 2.68 bits per heavy atom. The summed E-state index contributed by atoms with van der Waals surface area (Å²) in [4.78, 5) is 22.3. The van der Waals surface area contributed by atoms with Crippen LogP contribution in [0, 0.1) is 0 Å². The van der Waals surface area contributed by atoms with E-state index in [-0.39, 0.29) is 6.61 Å². The maximum atomic E-state index is 11.5. The third-order valence-electron chi connectivity index (χ3n) is 2.30. The van der Waals surface area contributed by atoms with E-state index in [9.17, 15) is 9.59 Å². The molecule has 19 heavy (non-hydrogen) atoms. The average molecular weight is 331 g/mol. The molecule has 0 N–H and O–H groups in total. The standard InChI is InChI=1S/C13H15BrO5/c1-4-18-13(16)8(2)19-12-10(14)5-9(7-15)6-11(12)17-3/h5-8H,4H2,1-3H3/t8-/m0/s1. The second-order valence-electron chi connectivity index (χ2n) is 3.66. The van der Waals surface area contributed by atoms with E-state index in [1.54, 1.807) is 19.9 Å². The van der Waals surface area contributed by atoms with E-state index in [0.29, 0.717) is 27.8 Å². The number of esters is 1. The molecule has 0 amide bonds. The van der Waals surface area contributed by atoms with Crippen LogP contribution in [0.1, 0.15) is 24.2 Å². The molecule has 0 fully saturated rings. The molecule has 1 atom stereocenters. The molecule has 1 aromatic rings. The number of aldehydes is 1. The summed E-state index contributed by atoms with van der Waals surface area (Å²) in [7, 11) is 1.46. The molecule has 0 spiro atoms. The zero-order valence-electron chi connectivity index (χ0n) is 10.9. The Bertz CT molecular complexity index is 472. The molecule has 0 saturated heterocycles. The first kappa shape index (κ1) is 15.5. The van der Waals surface area contributed by atoms with E-state index in [4.69, 9.17) is 14.2 Å². The van der Waals surface area contributed by atoms with Gasteiger partial charge < -0.3 is 14.2 Å². The molecule has 0 aliphatic rings. The van der Waals surface area contributed by atoms with E-state index >= 15 is 0 Å². The molecule has 0 bridgehead atoms. The molecule has 0 heterocycles. The number of hydrogen-bond donors (Lipinski definition) is 0. The minimum absolute atomic E-state index is 0.287. The van der Waals surface area contributed by atoms with Crippen LogP contribution >= 0.6 is 15.9 Å². The molecule has 6 heteroatoms. The first-order chi connectivity index (χ1) is 9.03. The van der Waals surface area contributed by atoms with Gasteiger partial charge in [-0.2, -0.15) is 0 Å². The van der Waals surface area contributed by atoms with Crippen molar-refractivity contribution in [3.05, 3.63) is 22.2 Å². The molecule has 0 aliphatic heterocycles. The predicted molar refractivity (Wildman–Crippen MR) is 72.8 cm³/mol.